The molecule has 0 aliphatic rings. The summed E-state index contributed by atoms with van der Waals surface area (Å²) < 4.78 is 1.07. The van der Waals surface area contributed by atoms with Gasteiger partial charge in [-0.05, 0) is 0 Å². The molecule has 0 aliphatic heterocycles. The van der Waals surface area contributed by atoms with Gasteiger partial charge in [-0.25, -0.2) is 0 Å². The van der Waals surface area contributed by atoms with Crippen LogP contribution in [-0.2, 0) is 0 Å². The molecule has 68 valence electrons. The predicted octanol–water partition coefficient (Wildman–Crippen LogP) is 2.04. The van der Waals surface area contributed by atoms with Crippen LogP contribution in [0.3, 0.4) is 0 Å². The predicted molar refractivity (Wildman–Crippen MR) is 58.8 cm³/mol. The van der Waals surface area contributed by atoms with Crippen LogP contribution in [0, 0.1) is 0 Å². The Morgan fingerprint density at radius 1 is 1.29 bits per heavy atom. The molecule has 1 aromatic heterocycles. The van der Waals surface area contributed by atoms with Gasteiger partial charge in [-0.1, -0.05) is 0 Å². The number of aromatic hydroxyl groups is 1. The van der Waals surface area contributed by atoms with Gasteiger partial charge in [0.15, 0.2) is 0 Å². The van der Waals surface area contributed by atoms with Crippen LogP contribution < -0.4 is 4.12 Å². The van der Waals surface area contributed by atoms with Crippen LogP contribution in [0.1, 0.15) is 0 Å². The number of aromatic nitrogens is 1. The maximum atomic E-state index is 9.55. The number of halogens is 2. The first-order valence-electron chi connectivity index (χ1n) is 3.83. The summed E-state index contributed by atoms with van der Waals surface area (Å²) in [6.45, 7) is 0. The van der Waals surface area contributed by atoms with Crippen LogP contribution in [0.2, 0.25) is 10.2 Å². The van der Waals surface area contributed by atoms with E-state index in [2.05, 4.69) is 4.98 Å². The zero-order valence-corrected chi connectivity index (χ0v) is 10.9. The molecule has 0 fully saturated rings. The molecule has 0 unspecified atom stereocenters. The Labute approximate surface area is 101 Å². The number of benzene rings is 1. The van der Waals surface area contributed by atoms with E-state index in [0.29, 0.717) is 10.5 Å². The molecule has 1 aromatic carbocycles. The van der Waals surface area contributed by atoms with Crippen molar-refractivity contribution in [2.24, 2.45) is 0 Å². The number of rotatable bonds is 0. The first kappa shape index (κ1) is 10.2. The van der Waals surface area contributed by atoms with E-state index in [-0.39, 0.29) is 10.9 Å². The average Bonchev–Trinajstić information content (AvgIpc) is 2.15. The maximum absolute atomic E-state index is 9.55. The van der Waals surface area contributed by atoms with Crippen LogP contribution in [0.15, 0.2) is 18.2 Å². The van der Waals surface area contributed by atoms with E-state index in [1.165, 1.54) is 18.6 Å². The molecule has 0 saturated heterocycles. The van der Waals surface area contributed by atoms with Gasteiger partial charge in [0, 0.05) is 0 Å². The van der Waals surface area contributed by atoms with Crippen LogP contribution in [0.25, 0.3) is 10.9 Å². The van der Waals surface area contributed by atoms with Gasteiger partial charge in [-0.2, -0.15) is 0 Å². The summed E-state index contributed by atoms with van der Waals surface area (Å²) in [4.78, 5) is 4.03. The Morgan fingerprint density at radius 2 is 2.00 bits per heavy atom. The van der Waals surface area contributed by atoms with Crippen molar-refractivity contribution in [3.05, 3.63) is 28.4 Å². The summed E-state index contributed by atoms with van der Waals surface area (Å²) in [5.74, 6) is 0.125. The van der Waals surface area contributed by atoms with Crippen LogP contribution in [0.4, 0.5) is 0 Å². The van der Waals surface area contributed by atoms with Crippen molar-refractivity contribution in [3.8, 4) is 5.75 Å². The van der Waals surface area contributed by atoms with Crippen molar-refractivity contribution in [1.82, 2.24) is 4.98 Å². The first-order chi connectivity index (χ1) is 6.59. The third-order valence-electron chi connectivity index (χ3n) is 1.91. The molecule has 0 saturated carbocycles. The summed E-state index contributed by atoms with van der Waals surface area (Å²) in [5.41, 5.74) is 0.501. The van der Waals surface area contributed by atoms with E-state index >= 15 is 0 Å². The van der Waals surface area contributed by atoms with E-state index < -0.39 is 0 Å². The van der Waals surface area contributed by atoms with E-state index in [4.69, 9.17) is 23.2 Å². The zero-order valence-electron chi connectivity index (χ0n) is 6.96. The molecule has 0 spiro atoms. The number of pyridine rings is 1. The summed E-state index contributed by atoms with van der Waals surface area (Å²) in [5, 5.41) is 11.0. The van der Waals surface area contributed by atoms with Crippen molar-refractivity contribution in [2.75, 3.05) is 0 Å². The van der Waals surface area contributed by atoms with Gasteiger partial charge in [-0.3, -0.25) is 0 Å². The molecular formula is C9H4Cl2GaNO. The summed E-state index contributed by atoms with van der Waals surface area (Å²) in [6, 6.07) is 5.17. The third kappa shape index (κ3) is 1.61. The van der Waals surface area contributed by atoms with Gasteiger partial charge in [0.2, 0.25) is 0 Å². The van der Waals surface area contributed by atoms with Crippen molar-refractivity contribution in [3.63, 3.8) is 0 Å². The average molecular weight is 283 g/mol. The summed E-state index contributed by atoms with van der Waals surface area (Å²) in [6.07, 6.45) is 0. The molecule has 1 N–H and O–H groups in total. The quantitative estimate of drug-likeness (QED) is 0.593. The molecule has 0 bridgehead atoms. The minimum atomic E-state index is 0.125. The molecule has 0 atom stereocenters. The Morgan fingerprint density at radius 3 is 2.71 bits per heavy atom. The van der Waals surface area contributed by atoms with Gasteiger partial charge in [-0.15, -0.1) is 0 Å². The van der Waals surface area contributed by atoms with Gasteiger partial charge < -0.3 is 0 Å². The first-order valence-corrected chi connectivity index (χ1v) is 5.79. The molecule has 2 aromatic rings. The fourth-order valence-electron chi connectivity index (χ4n) is 1.22. The molecule has 5 heteroatoms. The minimum absolute atomic E-state index is 0.125. The fourth-order valence-corrected chi connectivity index (χ4v) is 2.17. The van der Waals surface area contributed by atoms with E-state index in [9.17, 15) is 5.11 Å². The number of hydrogen-bond donors (Lipinski definition) is 1. The topological polar surface area (TPSA) is 33.1 Å². The Hall–Kier alpha value is -0.354. The third-order valence-corrected chi connectivity index (χ3v) is 3.64. The van der Waals surface area contributed by atoms with Crippen LogP contribution in [0.5, 0.6) is 5.75 Å². The van der Waals surface area contributed by atoms with E-state index in [1.807, 2.05) is 6.07 Å². The zero-order chi connectivity index (χ0) is 10.3. The molecule has 0 aliphatic carbocycles. The molecule has 1 heterocycles. The van der Waals surface area contributed by atoms with Crippen molar-refractivity contribution in [1.29, 1.82) is 0 Å². The number of phenols is 1. The molecular weight excluding hydrogens is 279 g/mol. The molecule has 2 rings (SSSR count). The Kier molecular flexibility index (Phi) is 2.66. The SMILES string of the molecule is Oc1cc[c]([Ga])c2cc(Cl)c(Cl)nc12. The summed E-state index contributed by atoms with van der Waals surface area (Å²) in [7, 11) is 0. The van der Waals surface area contributed by atoms with Crippen molar-refractivity contribution < 1.29 is 5.11 Å². The molecule has 0 amide bonds. The number of fused-ring (bicyclic) bond motifs is 1. The van der Waals surface area contributed by atoms with Gasteiger partial charge in [0.05, 0.1) is 0 Å². The number of phenolic OH excluding ortho intramolecular Hbond substituents is 1. The molecule has 14 heavy (non-hydrogen) atoms. The molecule has 2 nitrogen and oxygen atoms in total. The standard InChI is InChI=1S/C9H4Cl2NO.Ga/c10-6-4-5-2-1-3-7(13)8(5)12-9(6)11;/h1,3-4,13H;. The number of nitrogens with zero attached hydrogens (tertiary/aromatic N) is 1. The normalized spacial score (nSPS) is 10.7. The summed E-state index contributed by atoms with van der Waals surface area (Å²) >= 11 is 13.1. The van der Waals surface area contributed by atoms with Crippen molar-refractivity contribution in [2.45, 2.75) is 0 Å². The monoisotopic (exact) mass is 281 g/mol. The fraction of sp³-hybridized carbons (Fsp3) is 0. The van der Waals surface area contributed by atoms with Crippen LogP contribution in [-0.4, -0.2) is 28.7 Å². The Bertz CT molecular complexity index is 469. The second kappa shape index (κ2) is 3.66. The van der Waals surface area contributed by atoms with Gasteiger partial charge >= 0.3 is 101 Å². The second-order valence-electron chi connectivity index (χ2n) is 2.83. The van der Waals surface area contributed by atoms with E-state index in [0.717, 1.165) is 9.50 Å². The van der Waals surface area contributed by atoms with Gasteiger partial charge in [0.1, 0.15) is 0 Å². The molecule has 2 radical (unpaired) electrons. The van der Waals surface area contributed by atoms with Crippen LogP contribution >= 0.6 is 23.2 Å². The van der Waals surface area contributed by atoms with E-state index in [1.54, 1.807) is 12.1 Å². The number of hydrogen-bond acceptors (Lipinski definition) is 2. The second-order valence-corrected chi connectivity index (χ2v) is 4.90. The van der Waals surface area contributed by atoms with Crippen molar-refractivity contribution >= 4 is 56.8 Å². The van der Waals surface area contributed by atoms with Gasteiger partial charge in [0.25, 0.3) is 0 Å². The Balaban J connectivity index is 2.94.